The molecular formula is C12H8ClN3O2. The third-order valence-electron chi connectivity index (χ3n) is 2.21. The molecular weight excluding hydrogens is 254 g/mol. The molecule has 0 unspecified atom stereocenters. The number of nitrogens with zero attached hydrogens (tertiary/aromatic N) is 3. The summed E-state index contributed by atoms with van der Waals surface area (Å²) in [6.07, 6.45) is 8.07. The zero-order valence-corrected chi connectivity index (χ0v) is 9.91. The van der Waals surface area contributed by atoms with Crippen LogP contribution in [0.4, 0.5) is 5.69 Å². The monoisotopic (exact) mass is 261 g/mol. The number of rotatable bonds is 3. The lowest BCUT2D eigenvalue weighted by molar-refractivity contribution is -0.384. The van der Waals surface area contributed by atoms with Crippen LogP contribution < -0.4 is 0 Å². The number of halogens is 1. The number of hydrogen-bond acceptors (Lipinski definition) is 4. The fourth-order valence-corrected chi connectivity index (χ4v) is 1.52. The summed E-state index contributed by atoms with van der Waals surface area (Å²) in [5.41, 5.74) is 1.22. The molecule has 6 heteroatoms. The average Bonchev–Trinajstić information content (AvgIpc) is 2.38. The van der Waals surface area contributed by atoms with Gasteiger partial charge < -0.3 is 0 Å². The van der Waals surface area contributed by atoms with Gasteiger partial charge in [0.05, 0.1) is 16.8 Å². The van der Waals surface area contributed by atoms with Crippen molar-refractivity contribution < 1.29 is 4.92 Å². The Bertz CT molecular complexity index is 600. The predicted molar refractivity (Wildman–Crippen MR) is 69.1 cm³/mol. The van der Waals surface area contributed by atoms with E-state index in [0.717, 1.165) is 0 Å². The van der Waals surface area contributed by atoms with Gasteiger partial charge in [0.25, 0.3) is 5.69 Å². The van der Waals surface area contributed by atoms with Crippen molar-refractivity contribution >= 4 is 29.4 Å². The quantitative estimate of drug-likeness (QED) is 0.628. The fraction of sp³-hybridized carbons (Fsp3) is 0. The molecule has 2 rings (SSSR count). The Labute approximate surface area is 108 Å². The van der Waals surface area contributed by atoms with E-state index < -0.39 is 4.92 Å². The van der Waals surface area contributed by atoms with E-state index in [1.54, 1.807) is 30.7 Å². The second-order valence-corrected chi connectivity index (χ2v) is 3.83. The SMILES string of the molecule is O=[N+]([O-])c1ccc(Cl)c(/C=C/c2cnccn2)c1. The third kappa shape index (κ3) is 2.89. The van der Waals surface area contributed by atoms with Crippen LogP contribution in [-0.2, 0) is 0 Å². The lowest BCUT2D eigenvalue weighted by atomic mass is 10.2. The van der Waals surface area contributed by atoms with Crippen LogP contribution in [-0.4, -0.2) is 14.9 Å². The van der Waals surface area contributed by atoms with E-state index in [0.29, 0.717) is 16.3 Å². The summed E-state index contributed by atoms with van der Waals surface area (Å²) in [4.78, 5) is 18.2. The van der Waals surface area contributed by atoms with E-state index in [4.69, 9.17) is 11.6 Å². The van der Waals surface area contributed by atoms with Gasteiger partial charge in [-0.25, -0.2) is 0 Å². The van der Waals surface area contributed by atoms with E-state index >= 15 is 0 Å². The first kappa shape index (κ1) is 12.2. The van der Waals surface area contributed by atoms with E-state index in [9.17, 15) is 10.1 Å². The Balaban J connectivity index is 2.31. The predicted octanol–water partition coefficient (Wildman–Crippen LogP) is 3.21. The van der Waals surface area contributed by atoms with Crippen molar-refractivity contribution in [3.8, 4) is 0 Å². The molecule has 0 saturated heterocycles. The summed E-state index contributed by atoms with van der Waals surface area (Å²) in [6, 6.07) is 4.27. The van der Waals surface area contributed by atoms with Crippen LogP contribution in [0.25, 0.3) is 12.2 Å². The molecule has 2 aromatic rings. The van der Waals surface area contributed by atoms with Gasteiger partial charge in [-0.3, -0.25) is 20.1 Å². The molecule has 0 fully saturated rings. The largest absolute Gasteiger partial charge is 0.270 e. The number of nitro benzene ring substituents is 1. The maximum Gasteiger partial charge on any atom is 0.270 e. The molecule has 18 heavy (non-hydrogen) atoms. The van der Waals surface area contributed by atoms with Gasteiger partial charge in [0.15, 0.2) is 0 Å². The topological polar surface area (TPSA) is 68.9 Å². The van der Waals surface area contributed by atoms with Crippen LogP contribution in [0.1, 0.15) is 11.3 Å². The zero-order chi connectivity index (χ0) is 13.0. The van der Waals surface area contributed by atoms with Crippen LogP contribution >= 0.6 is 11.6 Å². The molecule has 0 spiro atoms. The number of aromatic nitrogens is 2. The first-order valence-electron chi connectivity index (χ1n) is 5.05. The Morgan fingerprint density at radius 2 is 2.11 bits per heavy atom. The van der Waals surface area contributed by atoms with Crippen LogP contribution in [0.15, 0.2) is 36.8 Å². The standard InChI is InChI=1S/C12H8ClN3O2/c13-12-4-3-11(16(17)18)7-9(12)1-2-10-8-14-5-6-15-10/h1-8H/b2-1+. The molecule has 1 aromatic carbocycles. The smallest absolute Gasteiger partial charge is 0.261 e. The highest BCUT2D eigenvalue weighted by Gasteiger charge is 2.07. The molecule has 1 heterocycles. The Kier molecular flexibility index (Phi) is 3.64. The van der Waals surface area contributed by atoms with Crippen molar-refractivity contribution in [3.05, 3.63) is 63.2 Å². The van der Waals surface area contributed by atoms with Crippen LogP contribution in [0, 0.1) is 10.1 Å². The first-order chi connectivity index (χ1) is 8.66. The fourth-order valence-electron chi connectivity index (χ4n) is 1.34. The Morgan fingerprint density at radius 3 is 2.78 bits per heavy atom. The molecule has 5 nitrogen and oxygen atoms in total. The average molecular weight is 262 g/mol. The van der Waals surface area contributed by atoms with Gasteiger partial charge in [0.2, 0.25) is 0 Å². The van der Waals surface area contributed by atoms with Crippen molar-refractivity contribution in [1.82, 2.24) is 9.97 Å². The van der Waals surface area contributed by atoms with Gasteiger partial charge in [-0.05, 0) is 17.7 Å². The Hall–Kier alpha value is -2.27. The van der Waals surface area contributed by atoms with Crippen molar-refractivity contribution in [1.29, 1.82) is 0 Å². The molecule has 0 aliphatic rings. The van der Waals surface area contributed by atoms with Crippen LogP contribution in [0.3, 0.4) is 0 Å². The summed E-state index contributed by atoms with van der Waals surface area (Å²) in [5, 5.41) is 11.1. The van der Waals surface area contributed by atoms with E-state index in [-0.39, 0.29) is 5.69 Å². The van der Waals surface area contributed by atoms with Crippen LogP contribution in [0.5, 0.6) is 0 Å². The Morgan fingerprint density at radius 1 is 1.28 bits per heavy atom. The van der Waals surface area contributed by atoms with Crippen molar-refractivity contribution in [3.63, 3.8) is 0 Å². The third-order valence-corrected chi connectivity index (χ3v) is 2.55. The lowest BCUT2D eigenvalue weighted by Gasteiger charge is -1.98. The van der Waals surface area contributed by atoms with Gasteiger partial charge in [0.1, 0.15) is 0 Å². The molecule has 0 aliphatic carbocycles. The van der Waals surface area contributed by atoms with Crippen molar-refractivity contribution in [2.45, 2.75) is 0 Å². The summed E-state index contributed by atoms with van der Waals surface area (Å²) in [5.74, 6) is 0. The highest BCUT2D eigenvalue weighted by Crippen LogP contribution is 2.23. The van der Waals surface area contributed by atoms with Gasteiger partial charge in [-0.2, -0.15) is 0 Å². The second kappa shape index (κ2) is 5.37. The minimum Gasteiger partial charge on any atom is -0.261 e. The molecule has 0 saturated carbocycles. The van der Waals surface area contributed by atoms with Crippen molar-refractivity contribution in [2.75, 3.05) is 0 Å². The van der Waals surface area contributed by atoms with Gasteiger partial charge in [-0.1, -0.05) is 17.7 Å². The highest BCUT2D eigenvalue weighted by atomic mass is 35.5. The summed E-state index contributed by atoms with van der Waals surface area (Å²) in [7, 11) is 0. The number of nitro groups is 1. The van der Waals surface area contributed by atoms with Crippen LogP contribution in [0.2, 0.25) is 5.02 Å². The molecule has 0 atom stereocenters. The van der Waals surface area contributed by atoms with Crippen molar-refractivity contribution in [2.24, 2.45) is 0 Å². The summed E-state index contributed by atoms with van der Waals surface area (Å²) < 4.78 is 0. The molecule has 0 amide bonds. The van der Waals surface area contributed by atoms with E-state index in [1.807, 2.05) is 0 Å². The summed E-state index contributed by atoms with van der Waals surface area (Å²) >= 11 is 5.96. The number of benzene rings is 1. The lowest BCUT2D eigenvalue weighted by Crippen LogP contribution is -1.88. The van der Waals surface area contributed by atoms with E-state index in [2.05, 4.69) is 9.97 Å². The molecule has 1 aromatic heterocycles. The second-order valence-electron chi connectivity index (χ2n) is 3.43. The van der Waals surface area contributed by atoms with E-state index in [1.165, 1.54) is 18.2 Å². The maximum absolute atomic E-state index is 10.7. The number of non-ortho nitro benzene ring substituents is 1. The highest BCUT2D eigenvalue weighted by molar-refractivity contribution is 6.32. The van der Waals surface area contributed by atoms with Gasteiger partial charge in [0, 0.05) is 29.5 Å². The maximum atomic E-state index is 10.7. The first-order valence-corrected chi connectivity index (χ1v) is 5.42. The molecule has 90 valence electrons. The number of hydrogen-bond donors (Lipinski definition) is 0. The molecule has 0 bridgehead atoms. The zero-order valence-electron chi connectivity index (χ0n) is 9.15. The molecule has 0 aliphatic heterocycles. The molecule has 0 radical (unpaired) electrons. The van der Waals surface area contributed by atoms with Gasteiger partial charge >= 0.3 is 0 Å². The normalized spacial score (nSPS) is 10.7. The minimum atomic E-state index is -0.462. The minimum absolute atomic E-state index is 0.00167. The molecule has 0 N–H and O–H groups in total. The summed E-state index contributed by atoms with van der Waals surface area (Å²) in [6.45, 7) is 0. The van der Waals surface area contributed by atoms with Gasteiger partial charge in [-0.15, -0.1) is 0 Å².